The number of aliphatic hydroxyl groups is 1. The van der Waals surface area contributed by atoms with Gasteiger partial charge < -0.3 is 9.67 Å². The highest BCUT2D eigenvalue weighted by molar-refractivity contribution is 5.77. The largest absolute Gasteiger partial charge is 0.390 e. The van der Waals surface area contributed by atoms with E-state index >= 15 is 0 Å². The number of aryl methyl sites for hydroxylation is 2. The van der Waals surface area contributed by atoms with Crippen molar-refractivity contribution in [3.05, 3.63) is 53.4 Å². The fraction of sp³-hybridized carbons (Fsp3) is 0.421. The third-order valence-corrected chi connectivity index (χ3v) is 5.06. The van der Waals surface area contributed by atoms with Gasteiger partial charge in [0.05, 0.1) is 35.7 Å². The Balaban J connectivity index is 1.45. The number of β-amino-alcohol motifs (C(OH)–C–C–N with tert-alkyl or cyclic N) is 1. The SMILES string of the molecule is Cc1cc2ncn(CC(O)CN3CCc4cncnc4C3)c2cc1C. The maximum Gasteiger partial charge on any atom is 0.115 e. The Morgan fingerprint density at radius 1 is 1.16 bits per heavy atom. The van der Waals surface area contributed by atoms with Crippen LogP contribution in [0.5, 0.6) is 0 Å². The summed E-state index contributed by atoms with van der Waals surface area (Å²) in [5, 5.41) is 10.6. The lowest BCUT2D eigenvalue weighted by Gasteiger charge is -2.29. The Hall–Kier alpha value is -2.31. The molecule has 1 aliphatic heterocycles. The molecule has 0 spiro atoms. The first kappa shape index (κ1) is 16.2. The molecular weight excluding hydrogens is 314 g/mol. The van der Waals surface area contributed by atoms with Gasteiger partial charge in [0.15, 0.2) is 0 Å². The van der Waals surface area contributed by atoms with Gasteiger partial charge in [-0.15, -0.1) is 0 Å². The highest BCUT2D eigenvalue weighted by Crippen LogP contribution is 2.19. The molecule has 6 nitrogen and oxygen atoms in total. The molecule has 2 aromatic heterocycles. The number of aromatic nitrogens is 4. The Morgan fingerprint density at radius 2 is 2.00 bits per heavy atom. The van der Waals surface area contributed by atoms with Gasteiger partial charge in [-0.25, -0.2) is 15.0 Å². The van der Waals surface area contributed by atoms with E-state index in [4.69, 9.17) is 0 Å². The molecule has 25 heavy (non-hydrogen) atoms. The van der Waals surface area contributed by atoms with E-state index in [1.807, 2.05) is 17.1 Å². The molecule has 0 aliphatic carbocycles. The first-order valence-corrected chi connectivity index (χ1v) is 8.70. The minimum Gasteiger partial charge on any atom is -0.390 e. The Kier molecular flexibility index (Phi) is 4.23. The van der Waals surface area contributed by atoms with Crippen LogP contribution in [0.4, 0.5) is 0 Å². The normalized spacial score (nSPS) is 16.1. The van der Waals surface area contributed by atoms with Crippen LogP contribution in [0.3, 0.4) is 0 Å². The lowest BCUT2D eigenvalue weighted by molar-refractivity contribution is 0.0917. The molecule has 0 saturated carbocycles. The van der Waals surface area contributed by atoms with E-state index in [2.05, 4.69) is 45.8 Å². The van der Waals surface area contributed by atoms with Gasteiger partial charge in [-0.05, 0) is 49.1 Å². The molecule has 0 fully saturated rings. The van der Waals surface area contributed by atoms with Crippen molar-refractivity contribution in [2.24, 2.45) is 0 Å². The summed E-state index contributed by atoms with van der Waals surface area (Å²) in [5.74, 6) is 0. The summed E-state index contributed by atoms with van der Waals surface area (Å²) in [5.41, 5.74) is 6.86. The molecule has 4 rings (SSSR count). The van der Waals surface area contributed by atoms with Crippen LogP contribution in [-0.2, 0) is 19.5 Å². The second kappa shape index (κ2) is 6.54. The summed E-state index contributed by atoms with van der Waals surface area (Å²) in [6.07, 6.45) is 5.82. The second-order valence-corrected chi connectivity index (χ2v) is 6.96. The van der Waals surface area contributed by atoms with Crippen molar-refractivity contribution in [1.82, 2.24) is 24.4 Å². The molecule has 0 saturated heterocycles. The highest BCUT2D eigenvalue weighted by atomic mass is 16.3. The maximum absolute atomic E-state index is 10.6. The summed E-state index contributed by atoms with van der Waals surface area (Å²) in [6.45, 7) is 7.09. The number of hydrogen-bond donors (Lipinski definition) is 1. The van der Waals surface area contributed by atoms with Crippen LogP contribution in [0.25, 0.3) is 11.0 Å². The quantitative estimate of drug-likeness (QED) is 0.787. The summed E-state index contributed by atoms with van der Waals surface area (Å²) in [6, 6.07) is 4.26. The van der Waals surface area contributed by atoms with Crippen LogP contribution in [0.1, 0.15) is 22.4 Å². The Morgan fingerprint density at radius 3 is 2.88 bits per heavy atom. The molecule has 0 bridgehead atoms. The minimum atomic E-state index is -0.442. The van der Waals surface area contributed by atoms with Gasteiger partial charge in [0.25, 0.3) is 0 Å². The monoisotopic (exact) mass is 337 g/mol. The molecule has 1 N–H and O–H groups in total. The van der Waals surface area contributed by atoms with Gasteiger partial charge in [0, 0.05) is 25.8 Å². The van der Waals surface area contributed by atoms with Gasteiger partial charge in [0.2, 0.25) is 0 Å². The van der Waals surface area contributed by atoms with Crippen molar-refractivity contribution in [3.8, 4) is 0 Å². The molecule has 0 amide bonds. The molecule has 1 unspecified atom stereocenters. The molecule has 1 aliphatic rings. The van der Waals surface area contributed by atoms with Crippen LogP contribution in [-0.4, -0.2) is 48.7 Å². The number of rotatable bonds is 4. The number of fused-ring (bicyclic) bond motifs is 2. The van der Waals surface area contributed by atoms with Crippen molar-refractivity contribution in [3.63, 3.8) is 0 Å². The average Bonchev–Trinajstić information content (AvgIpc) is 2.97. The number of aliphatic hydroxyl groups excluding tert-OH is 1. The van der Waals surface area contributed by atoms with Crippen LogP contribution in [0.2, 0.25) is 0 Å². The van der Waals surface area contributed by atoms with E-state index in [0.29, 0.717) is 13.1 Å². The van der Waals surface area contributed by atoms with Gasteiger partial charge >= 0.3 is 0 Å². The zero-order valence-corrected chi connectivity index (χ0v) is 14.7. The van der Waals surface area contributed by atoms with E-state index in [0.717, 1.165) is 36.2 Å². The topological polar surface area (TPSA) is 67.1 Å². The van der Waals surface area contributed by atoms with Gasteiger partial charge in [-0.2, -0.15) is 0 Å². The predicted molar refractivity (Wildman–Crippen MR) is 96.2 cm³/mol. The third-order valence-electron chi connectivity index (χ3n) is 5.06. The van der Waals surface area contributed by atoms with Crippen LogP contribution in [0.15, 0.2) is 31.0 Å². The van der Waals surface area contributed by atoms with Crippen molar-refractivity contribution in [2.75, 3.05) is 13.1 Å². The number of benzene rings is 1. The van der Waals surface area contributed by atoms with Crippen LogP contribution < -0.4 is 0 Å². The standard InChI is InChI=1S/C19H23N5O/c1-13-5-17-19(6-14(13)2)24(12-22-17)9-16(25)8-23-4-3-15-7-20-11-21-18(15)10-23/h5-7,11-12,16,25H,3-4,8-10H2,1-2H3. The molecule has 3 heterocycles. The summed E-state index contributed by atoms with van der Waals surface area (Å²) in [7, 11) is 0. The first-order chi connectivity index (χ1) is 12.1. The lowest BCUT2D eigenvalue weighted by Crippen LogP contribution is -2.38. The summed E-state index contributed by atoms with van der Waals surface area (Å²) in [4.78, 5) is 15.2. The molecule has 130 valence electrons. The van der Waals surface area contributed by atoms with E-state index in [-0.39, 0.29) is 0 Å². The Labute approximate surface area is 147 Å². The lowest BCUT2D eigenvalue weighted by atomic mass is 10.1. The average molecular weight is 337 g/mol. The molecule has 3 aromatic rings. The number of hydrogen-bond acceptors (Lipinski definition) is 5. The van der Waals surface area contributed by atoms with Crippen molar-refractivity contribution >= 4 is 11.0 Å². The smallest absolute Gasteiger partial charge is 0.115 e. The second-order valence-electron chi connectivity index (χ2n) is 6.96. The molecule has 6 heteroatoms. The Bertz CT molecular complexity index is 904. The van der Waals surface area contributed by atoms with Gasteiger partial charge in [0.1, 0.15) is 6.33 Å². The fourth-order valence-corrected chi connectivity index (χ4v) is 3.50. The van der Waals surface area contributed by atoms with E-state index in [1.165, 1.54) is 16.7 Å². The van der Waals surface area contributed by atoms with E-state index < -0.39 is 6.10 Å². The maximum atomic E-state index is 10.6. The van der Waals surface area contributed by atoms with E-state index in [9.17, 15) is 5.11 Å². The first-order valence-electron chi connectivity index (χ1n) is 8.70. The van der Waals surface area contributed by atoms with Crippen LogP contribution in [0, 0.1) is 13.8 Å². The molecular formula is C19H23N5O. The molecule has 0 radical (unpaired) electrons. The molecule has 1 atom stereocenters. The minimum absolute atomic E-state index is 0.442. The molecule has 1 aromatic carbocycles. The van der Waals surface area contributed by atoms with Crippen molar-refractivity contribution in [2.45, 2.75) is 39.5 Å². The fourth-order valence-electron chi connectivity index (χ4n) is 3.50. The summed E-state index contributed by atoms with van der Waals surface area (Å²) < 4.78 is 2.05. The third kappa shape index (κ3) is 3.27. The van der Waals surface area contributed by atoms with E-state index in [1.54, 1.807) is 6.33 Å². The number of nitrogens with zero attached hydrogens (tertiary/aromatic N) is 5. The summed E-state index contributed by atoms with van der Waals surface area (Å²) >= 11 is 0. The predicted octanol–water partition coefficient (Wildman–Crippen LogP) is 1.86. The zero-order valence-electron chi connectivity index (χ0n) is 14.7. The van der Waals surface area contributed by atoms with Crippen molar-refractivity contribution in [1.29, 1.82) is 0 Å². The zero-order chi connectivity index (χ0) is 17.4. The van der Waals surface area contributed by atoms with Gasteiger partial charge in [-0.1, -0.05) is 0 Å². The number of imidazole rings is 1. The van der Waals surface area contributed by atoms with Gasteiger partial charge in [-0.3, -0.25) is 4.90 Å². The van der Waals surface area contributed by atoms with Crippen LogP contribution >= 0.6 is 0 Å². The van der Waals surface area contributed by atoms with Crippen molar-refractivity contribution < 1.29 is 5.11 Å². The highest BCUT2D eigenvalue weighted by Gasteiger charge is 2.20.